The lowest BCUT2D eigenvalue weighted by atomic mass is 10.0. The maximum atomic E-state index is 6.15. The molecule has 19 heavy (non-hydrogen) atoms. The molecule has 0 radical (unpaired) electrons. The number of halogens is 1. The summed E-state index contributed by atoms with van der Waals surface area (Å²) in [5.41, 5.74) is 1.31. The van der Waals surface area contributed by atoms with Crippen LogP contribution < -0.4 is 0 Å². The van der Waals surface area contributed by atoms with Gasteiger partial charge in [-0.25, -0.2) is 0 Å². The third-order valence-electron chi connectivity index (χ3n) is 3.76. The Hall–Kier alpha value is -0.490. The molecule has 0 N–H and O–H groups in total. The van der Waals surface area contributed by atoms with Crippen molar-refractivity contribution < 1.29 is 0 Å². The van der Waals surface area contributed by atoms with Gasteiger partial charge in [-0.15, -0.1) is 0 Å². The molecule has 0 aliphatic carbocycles. The molecular weight excluding hydrogens is 252 g/mol. The maximum absolute atomic E-state index is 6.15. The van der Waals surface area contributed by atoms with Crippen LogP contribution in [0.15, 0.2) is 24.3 Å². The molecule has 0 saturated heterocycles. The molecule has 0 atom stereocenters. The summed E-state index contributed by atoms with van der Waals surface area (Å²) in [6.07, 6.45) is 15.1. The van der Waals surface area contributed by atoms with Crippen LogP contribution in [0.1, 0.15) is 76.7 Å². The van der Waals surface area contributed by atoms with Gasteiger partial charge >= 0.3 is 0 Å². The summed E-state index contributed by atoms with van der Waals surface area (Å²) >= 11 is 6.15. The summed E-state index contributed by atoms with van der Waals surface area (Å²) in [5.74, 6) is 0. The van der Waals surface area contributed by atoms with E-state index in [1.54, 1.807) is 0 Å². The van der Waals surface area contributed by atoms with Gasteiger partial charge in [-0.3, -0.25) is 0 Å². The van der Waals surface area contributed by atoms with Crippen LogP contribution in [-0.4, -0.2) is 0 Å². The second kappa shape index (κ2) is 11.3. The topological polar surface area (TPSA) is 0 Å². The third kappa shape index (κ3) is 8.31. The van der Waals surface area contributed by atoms with Crippen molar-refractivity contribution in [2.75, 3.05) is 0 Å². The van der Waals surface area contributed by atoms with E-state index >= 15 is 0 Å². The molecule has 1 aromatic carbocycles. The number of benzene rings is 1. The van der Waals surface area contributed by atoms with E-state index < -0.39 is 0 Å². The minimum Gasteiger partial charge on any atom is -0.0840 e. The predicted molar refractivity (Wildman–Crippen MR) is 87.0 cm³/mol. The number of unbranched alkanes of at least 4 members (excludes halogenated alkanes) is 9. The van der Waals surface area contributed by atoms with Crippen LogP contribution in [0.4, 0.5) is 0 Å². The number of hydrogen-bond acceptors (Lipinski definition) is 0. The molecule has 0 nitrogen and oxygen atoms in total. The van der Waals surface area contributed by atoms with Crippen molar-refractivity contribution >= 4 is 11.6 Å². The van der Waals surface area contributed by atoms with Crippen molar-refractivity contribution in [3.8, 4) is 0 Å². The highest BCUT2D eigenvalue weighted by molar-refractivity contribution is 6.31. The van der Waals surface area contributed by atoms with Crippen LogP contribution in [-0.2, 0) is 6.42 Å². The Kier molecular flexibility index (Phi) is 9.89. The van der Waals surface area contributed by atoms with Gasteiger partial charge < -0.3 is 0 Å². The molecule has 0 fully saturated rings. The van der Waals surface area contributed by atoms with Crippen LogP contribution in [0.2, 0.25) is 5.02 Å². The maximum Gasteiger partial charge on any atom is 0.0437 e. The van der Waals surface area contributed by atoms with Crippen molar-refractivity contribution in [3.05, 3.63) is 34.9 Å². The smallest absolute Gasteiger partial charge is 0.0437 e. The lowest BCUT2D eigenvalue weighted by Crippen LogP contribution is -1.87. The molecule has 0 unspecified atom stereocenters. The Morgan fingerprint density at radius 2 is 1.26 bits per heavy atom. The highest BCUT2D eigenvalue weighted by Gasteiger charge is 1.98. The number of hydrogen-bond donors (Lipinski definition) is 0. The summed E-state index contributed by atoms with van der Waals surface area (Å²) in [5, 5.41) is 0.929. The lowest BCUT2D eigenvalue weighted by molar-refractivity contribution is 0.556. The summed E-state index contributed by atoms with van der Waals surface area (Å²) in [6.45, 7) is 2.28. The van der Waals surface area contributed by atoms with Gasteiger partial charge in [0, 0.05) is 5.02 Å². The molecule has 1 aromatic rings. The van der Waals surface area contributed by atoms with E-state index in [-0.39, 0.29) is 0 Å². The van der Waals surface area contributed by atoms with E-state index in [1.165, 1.54) is 69.8 Å². The van der Waals surface area contributed by atoms with Crippen molar-refractivity contribution in [3.63, 3.8) is 0 Å². The van der Waals surface area contributed by atoms with Crippen LogP contribution in [0.25, 0.3) is 0 Å². The average Bonchev–Trinajstić information content (AvgIpc) is 2.43. The first kappa shape index (κ1) is 16.6. The minimum absolute atomic E-state index is 0.929. The zero-order valence-corrected chi connectivity index (χ0v) is 13.2. The van der Waals surface area contributed by atoms with Gasteiger partial charge in [-0.2, -0.15) is 0 Å². The highest BCUT2D eigenvalue weighted by Crippen LogP contribution is 2.18. The van der Waals surface area contributed by atoms with Gasteiger partial charge in [-0.05, 0) is 24.5 Å². The fraction of sp³-hybridized carbons (Fsp3) is 0.667. The monoisotopic (exact) mass is 280 g/mol. The van der Waals surface area contributed by atoms with E-state index in [9.17, 15) is 0 Å². The standard InChI is InChI=1S/C18H29Cl/c1-2-3-4-5-6-7-8-9-10-11-14-17-15-12-13-16-18(17)19/h12-13,15-16H,2-11,14H2,1H3. The van der Waals surface area contributed by atoms with E-state index in [0.717, 1.165) is 11.4 Å². The first-order valence-electron chi connectivity index (χ1n) is 8.08. The van der Waals surface area contributed by atoms with Crippen molar-refractivity contribution in [2.45, 2.75) is 77.6 Å². The Bertz CT molecular complexity index is 319. The molecule has 0 aliphatic heterocycles. The molecule has 0 saturated carbocycles. The molecule has 108 valence electrons. The van der Waals surface area contributed by atoms with Crippen molar-refractivity contribution in [2.24, 2.45) is 0 Å². The van der Waals surface area contributed by atoms with Crippen molar-refractivity contribution in [1.82, 2.24) is 0 Å². The zero-order valence-electron chi connectivity index (χ0n) is 12.5. The van der Waals surface area contributed by atoms with Gasteiger partial charge in [0.05, 0.1) is 0 Å². The Labute approximate surface area is 124 Å². The van der Waals surface area contributed by atoms with E-state index in [0.29, 0.717) is 0 Å². The Balaban J connectivity index is 1.90. The molecule has 0 bridgehead atoms. The fourth-order valence-corrected chi connectivity index (χ4v) is 2.73. The molecule has 1 heteroatoms. The minimum atomic E-state index is 0.929. The zero-order chi connectivity index (χ0) is 13.8. The van der Waals surface area contributed by atoms with Gasteiger partial charge in [-0.1, -0.05) is 94.5 Å². The lowest BCUT2D eigenvalue weighted by Gasteiger charge is -2.04. The van der Waals surface area contributed by atoms with Gasteiger partial charge in [0.2, 0.25) is 0 Å². The van der Waals surface area contributed by atoms with Gasteiger partial charge in [0.25, 0.3) is 0 Å². The van der Waals surface area contributed by atoms with Gasteiger partial charge in [0.15, 0.2) is 0 Å². The number of rotatable bonds is 11. The van der Waals surface area contributed by atoms with Crippen molar-refractivity contribution in [1.29, 1.82) is 0 Å². The van der Waals surface area contributed by atoms with Crippen LogP contribution >= 0.6 is 11.6 Å². The largest absolute Gasteiger partial charge is 0.0840 e. The SMILES string of the molecule is CCCCCCCCCCCCc1ccccc1Cl. The molecule has 1 rings (SSSR count). The highest BCUT2D eigenvalue weighted by atomic mass is 35.5. The third-order valence-corrected chi connectivity index (χ3v) is 4.13. The van der Waals surface area contributed by atoms with Crippen LogP contribution in [0, 0.1) is 0 Å². The number of aryl methyl sites for hydroxylation is 1. The fourth-order valence-electron chi connectivity index (χ4n) is 2.50. The second-order valence-corrected chi connectivity index (χ2v) is 5.93. The van der Waals surface area contributed by atoms with E-state index in [4.69, 9.17) is 11.6 Å². The Morgan fingerprint density at radius 1 is 0.737 bits per heavy atom. The van der Waals surface area contributed by atoms with Crippen LogP contribution in [0.3, 0.4) is 0 Å². The average molecular weight is 281 g/mol. The quantitative estimate of drug-likeness (QED) is 0.391. The summed E-state index contributed by atoms with van der Waals surface area (Å²) in [6, 6.07) is 8.23. The van der Waals surface area contributed by atoms with E-state index in [2.05, 4.69) is 19.1 Å². The van der Waals surface area contributed by atoms with E-state index in [1.807, 2.05) is 12.1 Å². The predicted octanol–water partition coefficient (Wildman–Crippen LogP) is 6.80. The Morgan fingerprint density at radius 3 is 1.84 bits per heavy atom. The first-order chi connectivity index (χ1) is 9.34. The summed E-state index contributed by atoms with van der Waals surface area (Å²) in [7, 11) is 0. The molecule has 0 spiro atoms. The molecule has 0 heterocycles. The summed E-state index contributed by atoms with van der Waals surface area (Å²) in [4.78, 5) is 0. The normalized spacial score (nSPS) is 10.8. The first-order valence-corrected chi connectivity index (χ1v) is 8.45. The molecular formula is C18H29Cl. The van der Waals surface area contributed by atoms with Gasteiger partial charge in [0.1, 0.15) is 0 Å². The molecule has 0 aliphatic rings. The summed E-state index contributed by atoms with van der Waals surface area (Å²) < 4.78 is 0. The van der Waals surface area contributed by atoms with Crippen LogP contribution in [0.5, 0.6) is 0 Å². The molecule has 0 amide bonds. The second-order valence-electron chi connectivity index (χ2n) is 5.52. The molecule has 0 aromatic heterocycles.